The number of primary amides is 1. The Labute approximate surface area is 173 Å². The molecule has 0 saturated heterocycles. The lowest BCUT2D eigenvalue weighted by atomic mass is 9.85. The van der Waals surface area contributed by atoms with Crippen molar-refractivity contribution < 1.29 is 14.1 Å². The second kappa shape index (κ2) is 7.83. The lowest BCUT2D eigenvalue weighted by Crippen LogP contribution is -2.20. The number of nitrogens with zero attached hydrogens (tertiary/aromatic N) is 1. The zero-order valence-electron chi connectivity index (χ0n) is 16.5. The third-order valence-electron chi connectivity index (χ3n) is 5.56. The summed E-state index contributed by atoms with van der Waals surface area (Å²) in [4.78, 5) is 26.5. The smallest absolute Gasteiger partial charge is 0.262 e. The van der Waals surface area contributed by atoms with Crippen molar-refractivity contribution >= 4 is 28.2 Å². The first kappa shape index (κ1) is 19.4. The van der Waals surface area contributed by atoms with Crippen LogP contribution < -0.4 is 11.1 Å². The van der Waals surface area contributed by atoms with Crippen molar-refractivity contribution in [3.05, 3.63) is 57.7 Å². The fraction of sp³-hybridized carbons (Fsp3) is 0.318. The molecule has 2 amide bonds. The molecule has 3 N–H and O–H groups in total. The molecule has 0 radical (unpaired) electrons. The van der Waals surface area contributed by atoms with Gasteiger partial charge in [0.05, 0.1) is 5.56 Å². The van der Waals surface area contributed by atoms with E-state index in [1.54, 1.807) is 6.92 Å². The van der Waals surface area contributed by atoms with Gasteiger partial charge in [0.25, 0.3) is 11.8 Å². The number of aryl methyl sites for hydroxylation is 1. The van der Waals surface area contributed by atoms with Gasteiger partial charge in [0.1, 0.15) is 22.0 Å². The van der Waals surface area contributed by atoms with Crippen molar-refractivity contribution in [1.82, 2.24) is 5.16 Å². The number of anilines is 1. The van der Waals surface area contributed by atoms with Crippen LogP contribution in [0.4, 0.5) is 5.00 Å². The highest BCUT2D eigenvalue weighted by Crippen LogP contribution is 2.40. The van der Waals surface area contributed by atoms with Crippen LogP contribution in [-0.2, 0) is 12.8 Å². The van der Waals surface area contributed by atoms with E-state index in [4.69, 9.17) is 10.3 Å². The molecule has 2 aromatic heterocycles. The number of aromatic nitrogens is 1. The van der Waals surface area contributed by atoms with Gasteiger partial charge in [-0.2, -0.15) is 0 Å². The maximum absolute atomic E-state index is 13.1. The van der Waals surface area contributed by atoms with Crippen LogP contribution in [0.5, 0.6) is 0 Å². The number of hydrogen-bond donors (Lipinski definition) is 2. The standard InChI is InChI=1S/C22H23N3O3S/c1-3-13-9-10-15-16(11-13)29-22(18(15)20(23)26)24-21(27)17-12(2)28-25-19(17)14-7-5-4-6-8-14/h4-8,13H,3,9-11H2,1-2H3,(H2,23,26)(H,24,27). The predicted molar refractivity (Wildman–Crippen MR) is 113 cm³/mol. The lowest BCUT2D eigenvalue weighted by Gasteiger charge is -2.20. The van der Waals surface area contributed by atoms with Crippen LogP contribution in [0.3, 0.4) is 0 Å². The molecular formula is C22H23N3O3S. The highest BCUT2D eigenvalue weighted by atomic mass is 32.1. The van der Waals surface area contributed by atoms with E-state index in [0.717, 1.165) is 41.7 Å². The molecule has 7 heteroatoms. The first-order valence-corrected chi connectivity index (χ1v) is 10.6. The number of hydrogen-bond acceptors (Lipinski definition) is 5. The molecule has 150 valence electrons. The van der Waals surface area contributed by atoms with Crippen molar-refractivity contribution in [2.24, 2.45) is 11.7 Å². The van der Waals surface area contributed by atoms with E-state index in [1.807, 2.05) is 30.3 Å². The van der Waals surface area contributed by atoms with Gasteiger partial charge in [-0.05, 0) is 37.7 Å². The van der Waals surface area contributed by atoms with E-state index in [2.05, 4.69) is 17.4 Å². The SMILES string of the molecule is CCC1CCc2c(sc(NC(=O)c3c(-c4ccccc4)noc3C)c2C(N)=O)C1. The van der Waals surface area contributed by atoms with Crippen LogP contribution in [0, 0.1) is 12.8 Å². The topological polar surface area (TPSA) is 98.2 Å². The second-order valence-electron chi connectivity index (χ2n) is 7.37. The number of thiophene rings is 1. The molecule has 1 atom stereocenters. The highest BCUT2D eigenvalue weighted by Gasteiger charge is 2.29. The molecule has 0 bridgehead atoms. The lowest BCUT2D eigenvalue weighted by molar-refractivity contribution is 0.1000. The summed E-state index contributed by atoms with van der Waals surface area (Å²) in [6.45, 7) is 3.88. The van der Waals surface area contributed by atoms with Gasteiger partial charge in [-0.3, -0.25) is 9.59 Å². The van der Waals surface area contributed by atoms with Gasteiger partial charge < -0.3 is 15.6 Å². The summed E-state index contributed by atoms with van der Waals surface area (Å²) in [5.41, 5.74) is 8.76. The van der Waals surface area contributed by atoms with E-state index in [9.17, 15) is 9.59 Å². The maximum Gasteiger partial charge on any atom is 0.262 e. The third kappa shape index (κ3) is 3.58. The molecule has 0 saturated carbocycles. The molecule has 6 nitrogen and oxygen atoms in total. The van der Waals surface area contributed by atoms with Crippen LogP contribution in [0.25, 0.3) is 11.3 Å². The van der Waals surface area contributed by atoms with Gasteiger partial charge in [-0.25, -0.2) is 0 Å². The summed E-state index contributed by atoms with van der Waals surface area (Å²) in [7, 11) is 0. The Morgan fingerprint density at radius 3 is 2.72 bits per heavy atom. The van der Waals surface area contributed by atoms with Crippen molar-refractivity contribution in [3.8, 4) is 11.3 Å². The fourth-order valence-electron chi connectivity index (χ4n) is 3.95. The minimum absolute atomic E-state index is 0.351. The Bertz CT molecular complexity index is 1070. The van der Waals surface area contributed by atoms with Gasteiger partial charge in [0.15, 0.2) is 0 Å². The Balaban J connectivity index is 1.69. The van der Waals surface area contributed by atoms with Crippen LogP contribution in [0.1, 0.15) is 56.7 Å². The molecule has 0 spiro atoms. The number of nitrogens with two attached hydrogens (primary N) is 1. The molecule has 29 heavy (non-hydrogen) atoms. The number of benzene rings is 1. The molecule has 0 aliphatic heterocycles. The number of carbonyl (C=O) groups excluding carboxylic acids is 2. The van der Waals surface area contributed by atoms with Gasteiger partial charge in [0.2, 0.25) is 0 Å². The molecule has 1 aliphatic rings. The Kier molecular flexibility index (Phi) is 5.24. The van der Waals surface area contributed by atoms with E-state index >= 15 is 0 Å². The Morgan fingerprint density at radius 1 is 1.28 bits per heavy atom. The number of fused-ring (bicyclic) bond motifs is 1. The summed E-state index contributed by atoms with van der Waals surface area (Å²) in [5.74, 6) is 0.179. The largest absolute Gasteiger partial charge is 0.365 e. The van der Waals surface area contributed by atoms with Gasteiger partial charge >= 0.3 is 0 Å². The van der Waals surface area contributed by atoms with Crippen molar-refractivity contribution in [2.75, 3.05) is 5.32 Å². The number of amides is 2. The average molecular weight is 410 g/mol. The van der Waals surface area contributed by atoms with Crippen LogP contribution in [0.15, 0.2) is 34.9 Å². The van der Waals surface area contributed by atoms with Gasteiger partial charge in [-0.15, -0.1) is 11.3 Å². The number of nitrogens with one attached hydrogen (secondary N) is 1. The van der Waals surface area contributed by atoms with Gasteiger partial charge in [-0.1, -0.05) is 48.8 Å². The minimum Gasteiger partial charge on any atom is -0.365 e. The van der Waals surface area contributed by atoms with E-state index < -0.39 is 5.91 Å². The predicted octanol–water partition coefficient (Wildman–Crippen LogP) is 4.58. The highest BCUT2D eigenvalue weighted by molar-refractivity contribution is 7.17. The Morgan fingerprint density at radius 2 is 2.03 bits per heavy atom. The Hall–Kier alpha value is -2.93. The summed E-state index contributed by atoms with van der Waals surface area (Å²) >= 11 is 1.46. The van der Waals surface area contributed by atoms with E-state index in [1.165, 1.54) is 11.3 Å². The van der Waals surface area contributed by atoms with Crippen molar-refractivity contribution in [1.29, 1.82) is 0 Å². The normalized spacial score (nSPS) is 15.7. The van der Waals surface area contributed by atoms with Crippen molar-refractivity contribution in [2.45, 2.75) is 39.5 Å². The average Bonchev–Trinajstić information content (AvgIpc) is 3.27. The molecule has 1 unspecified atom stereocenters. The third-order valence-corrected chi connectivity index (χ3v) is 6.72. The molecule has 3 aromatic rings. The molecule has 1 aliphatic carbocycles. The molecule has 2 heterocycles. The summed E-state index contributed by atoms with van der Waals surface area (Å²) < 4.78 is 5.30. The van der Waals surface area contributed by atoms with E-state index in [0.29, 0.717) is 33.5 Å². The molecular weight excluding hydrogens is 386 g/mol. The summed E-state index contributed by atoms with van der Waals surface area (Å²) in [6.07, 6.45) is 3.89. The zero-order chi connectivity index (χ0) is 20.5. The molecule has 1 aromatic carbocycles. The second-order valence-corrected chi connectivity index (χ2v) is 8.48. The van der Waals surface area contributed by atoms with Crippen molar-refractivity contribution in [3.63, 3.8) is 0 Å². The molecule has 0 fully saturated rings. The fourth-order valence-corrected chi connectivity index (χ4v) is 5.31. The van der Waals surface area contributed by atoms with Crippen LogP contribution in [-0.4, -0.2) is 17.0 Å². The zero-order valence-corrected chi connectivity index (χ0v) is 17.3. The molecule has 4 rings (SSSR count). The monoisotopic (exact) mass is 409 g/mol. The minimum atomic E-state index is -0.502. The first-order valence-electron chi connectivity index (χ1n) is 9.77. The quantitative estimate of drug-likeness (QED) is 0.644. The number of carbonyl (C=O) groups is 2. The van der Waals surface area contributed by atoms with E-state index in [-0.39, 0.29) is 5.91 Å². The van der Waals surface area contributed by atoms with Crippen LogP contribution in [0.2, 0.25) is 0 Å². The summed E-state index contributed by atoms with van der Waals surface area (Å²) in [5, 5.41) is 7.50. The number of rotatable bonds is 5. The summed E-state index contributed by atoms with van der Waals surface area (Å²) in [6, 6.07) is 9.40. The van der Waals surface area contributed by atoms with Crippen LogP contribution >= 0.6 is 11.3 Å². The van der Waals surface area contributed by atoms with Gasteiger partial charge in [0, 0.05) is 10.4 Å². The maximum atomic E-state index is 13.1. The first-order chi connectivity index (χ1) is 14.0.